The van der Waals surface area contributed by atoms with Crippen molar-refractivity contribution in [2.24, 2.45) is 5.84 Å². The van der Waals surface area contributed by atoms with E-state index < -0.39 is 11.6 Å². The maximum Gasteiger partial charge on any atom is 0.133 e. The maximum absolute atomic E-state index is 13.7. The van der Waals surface area contributed by atoms with Gasteiger partial charge in [0.2, 0.25) is 0 Å². The standard InChI is InChI=1S/C15H15BrF2N2O/c1-21-15-5-3-10(6-12(15)16)14(20-19)7-9-2-4-11(17)8-13(9)18/h2-6,8,14,20H,7,19H2,1H3. The number of benzene rings is 2. The fourth-order valence-corrected chi connectivity index (χ4v) is 2.64. The van der Waals surface area contributed by atoms with Gasteiger partial charge in [0.1, 0.15) is 17.4 Å². The normalized spacial score (nSPS) is 12.2. The maximum atomic E-state index is 13.7. The molecule has 112 valence electrons. The van der Waals surface area contributed by atoms with Crippen molar-refractivity contribution >= 4 is 15.9 Å². The second-order valence-corrected chi connectivity index (χ2v) is 5.41. The molecule has 3 N–H and O–H groups in total. The molecule has 0 saturated carbocycles. The molecule has 2 rings (SSSR count). The van der Waals surface area contributed by atoms with Crippen molar-refractivity contribution in [1.29, 1.82) is 0 Å². The van der Waals surface area contributed by atoms with Crippen molar-refractivity contribution in [3.63, 3.8) is 0 Å². The molecule has 0 amide bonds. The fraction of sp³-hybridized carbons (Fsp3) is 0.200. The second-order valence-electron chi connectivity index (χ2n) is 4.55. The van der Waals surface area contributed by atoms with Crippen LogP contribution in [0, 0.1) is 11.6 Å². The molecule has 0 aliphatic heterocycles. The Morgan fingerprint density at radius 2 is 2.00 bits per heavy atom. The van der Waals surface area contributed by atoms with Crippen LogP contribution >= 0.6 is 15.9 Å². The van der Waals surface area contributed by atoms with Crippen LogP contribution in [0.3, 0.4) is 0 Å². The highest BCUT2D eigenvalue weighted by molar-refractivity contribution is 9.10. The van der Waals surface area contributed by atoms with E-state index in [1.54, 1.807) is 13.2 Å². The van der Waals surface area contributed by atoms with E-state index in [4.69, 9.17) is 10.6 Å². The Balaban J connectivity index is 2.25. The number of hydrazine groups is 1. The van der Waals surface area contributed by atoms with Gasteiger partial charge >= 0.3 is 0 Å². The van der Waals surface area contributed by atoms with Crippen LogP contribution in [0.4, 0.5) is 8.78 Å². The molecule has 0 heterocycles. The summed E-state index contributed by atoms with van der Waals surface area (Å²) >= 11 is 3.40. The van der Waals surface area contributed by atoms with Crippen LogP contribution in [0.15, 0.2) is 40.9 Å². The third-order valence-corrected chi connectivity index (χ3v) is 3.84. The highest BCUT2D eigenvalue weighted by atomic mass is 79.9. The molecule has 0 saturated heterocycles. The van der Waals surface area contributed by atoms with Crippen molar-refractivity contribution in [3.05, 3.63) is 63.6 Å². The lowest BCUT2D eigenvalue weighted by atomic mass is 9.99. The minimum atomic E-state index is -0.597. The summed E-state index contributed by atoms with van der Waals surface area (Å²) < 4.78 is 32.6. The Labute approximate surface area is 130 Å². The summed E-state index contributed by atoms with van der Waals surface area (Å²) in [5.41, 5.74) is 3.92. The van der Waals surface area contributed by atoms with Crippen molar-refractivity contribution in [3.8, 4) is 5.75 Å². The van der Waals surface area contributed by atoms with Crippen LogP contribution in [0.5, 0.6) is 5.75 Å². The van der Waals surface area contributed by atoms with Gasteiger partial charge in [0.25, 0.3) is 0 Å². The first-order valence-corrected chi connectivity index (χ1v) is 7.08. The van der Waals surface area contributed by atoms with Gasteiger partial charge in [-0.1, -0.05) is 12.1 Å². The number of nitrogens with two attached hydrogens (primary N) is 1. The van der Waals surface area contributed by atoms with Crippen LogP contribution in [-0.2, 0) is 6.42 Å². The average molecular weight is 357 g/mol. The molecule has 3 nitrogen and oxygen atoms in total. The number of ether oxygens (including phenoxy) is 1. The van der Waals surface area contributed by atoms with Crippen molar-refractivity contribution in [1.82, 2.24) is 5.43 Å². The third-order valence-electron chi connectivity index (χ3n) is 3.22. The van der Waals surface area contributed by atoms with Crippen LogP contribution in [0.1, 0.15) is 17.2 Å². The first-order valence-electron chi connectivity index (χ1n) is 6.28. The molecule has 21 heavy (non-hydrogen) atoms. The van der Waals surface area contributed by atoms with Crippen molar-refractivity contribution in [2.75, 3.05) is 7.11 Å². The van der Waals surface area contributed by atoms with Crippen molar-refractivity contribution in [2.45, 2.75) is 12.5 Å². The number of hydrogen-bond donors (Lipinski definition) is 2. The predicted molar refractivity (Wildman–Crippen MR) is 80.8 cm³/mol. The predicted octanol–water partition coefficient (Wildman–Crippen LogP) is 3.48. The van der Waals surface area contributed by atoms with Gasteiger partial charge in [0.05, 0.1) is 17.6 Å². The van der Waals surface area contributed by atoms with E-state index in [0.29, 0.717) is 17.7 Å². The van der Waals surface area contributed by atoms with Crippen LogP contribution in [0.2, 0.25) is 0 Å². The smallest absolute Gasteiger partial charge is 0.133 e. The zero-order valence-corrected chi connectivity index (χ0v) is 13.0. The van der Waals surface area contributed by atoms with Gasteiger partial charge in [-0.05, 0) is 51.7 Å². The number of hydrogen-bond acceptors (Lipinski definition) is 3. The van der Waals surface area contributed by atoms with Crippen LogP contribution in [0.25, 0.3) is 0 Å². The van der Waals surface area contributed by atoms with Gasteiger partial charge in [0, 0.05) is 6.07 Å². The van der Waals surface area contributed by atoms with E-state index in [1.807, 2.05) is 12.1 Å². The van der Waals surface area contributed by atoms with Gasteiger partial charge in [-0.2, -0.15) is 0 Å². The Morgan fingerprint density at radius 1 is 1.24 bits per heavy atom. The summed E-state index contributed by atoms with van der Waals surface area (Å²) in [6.07, 6.45) is 0.307. The van der Waals surface area contributed by atoms with E-state index in [-0.39, 0.29) is 6.04 Å². The molecule has 1 unspecified atom stereocenters. The molecule has 0 radical (unpaired) electrons. The summed E-state index contributed by atoms with van der Waals surface area (Å²) in [6.45, 7) is 0. The molecule has 0 spiro atoms. The zero-order valence-electron chi connectivity index (χ0n) is 11.4. The molecular weight excluding hydrogens is 342 g/mol. The Morgan fingerprint density at radius 3 is 2.57 bits per heavy atom. The van der Waals surface area contributed by atoms with Crippen LogP contribution < -0.4 is 16.0 Å². The lowest BCUT2D eigenvalue weighted by Gasteiger charge is -2.18. The summed E-state index contributed by atoms with van der Waals surface area (Å²) in [6, 6.07) is 8.72. The van der Waals surface area contributed by atoms with Gasteiger partial charge in [0.15, 0.2) is 0 Å². The van der Waals surface area contributed by atoms with E-state index in [2.05, 4.69) is 21.4 Å². The van der Waals surface area contributed by atoms with Crippen molar-refractivity contribution < 1.29 is 13.5 Å². The second kappa shape index (κ2) is 6.98. The van der Waals surface area contributed by atoms with E-state index >= 15 is 0 Å². The minimum Gasteiger partial charge on any atom is -0.496 e. The molecule has 2 aromatic rings. The van der Waals surface area contributed by atoms with Gasteiger partial charge in [-0.25, -0.2) is 8.78 Å². The van der Waals surface area contributed by atoms with Gasteiger partial charge < -0.3 is 4.74 Å². The van der Waals surface area contributed by atoms with E-state index in [1.165, 1.54) is 12.1 Å². The van der Waals surface area contributed by atoms with Gasteiger partial charge in [-0.3, -0.25) is 11.3 Å². The summed E-state index contributed by atoms with van der Waals surface area (Å²) in [4.78, 5) is 0. The molecule has 0 aromatic heterocycles. The highest BCUT2D eigenvalue weighted by Crippen LogP contribution is 2.29. The number of methoxy groups -OCH3 is 1. The third kappa shape index (κ3) is 3.78. The number of rotatable bonds is 5. The molecule has 0 bridgehead atoms. The molecule has 1 atom stereocenters. The largest absolute Gasteiger partial charge is 0.496 e. The Bertz CT molecular complexity index is 637. The minimum absolute atomic E-state index is 0.299. The number of halogens is 3. The van der Waals surface area contributed by atoms with Crippen LogP contribution in [-0.4, -0.2) is 7.11 Å². The average Bonchev–Trinajstić information content (AvgIpc) is 2.46. The molecular formula is C15H15BrF2N2O. The first-order chi connectivity index (χ1) is 10.0. The molecule has 2 aromatic carbocycles. The van der Waals surface area contributed by atoms with E-state index in [9.17, 15) is 8.78 Å². The molecule has 0 aliphatic carbocycles. The fourth-order valence-electron chi connectivity index (χ4n) is 2.08. The lowest BCUT2D eigenvalue weighted by molar-refractivity contribution is 0.411. The first kappa shape index (κ1) is 15.9. The summed E-state index contributed by atoms with van der Waals surface area (Å²) in [5, 5.41) is 0. The molecule has 0 fully saturated rings. The van der Waals surface area contributed by atoms with E-state index in [0.717, 1.165) is 16.1 Å². The molecule has 0 aliphatic rings. The zero-order chi connectivity index (χ0) is 15.4. The lowest BCUT2D eigenvalue weighted by Crippen LogP contribution is -2.29. The Kier molecular flexibility index (Phi) is 5.27. The number of nitrogens with one attached hydrogen (secondary N) is 1. The molecule has 6 heteroatoms. The highest BCUT2D eigenvalue weighted by Gasteiger charge is 2.15. The summed E-state index contributed by atoms with van der Waals surface area (Å²) in [7, 11) is 1.58. The van der Waals surface area contributed by atoms with Gasteiger partial charge in [-0.15, -0.1) is 0 Å². The topological polar surface area (TPSA) is 47.3 Å². The monoisotopic (exact) mass is 356 g/mol. The SMILES string of the molecule is COc1ccc(C(Cc2ccc(F)cc2F)NN)cc1Br. The quantitative estimate of drug-likeness (QED) is 0.636. The Hall–Kier alpha value is -1.50. The summed E-state index contributed by atoms with van der Waals surface area (Å²) in [5.74, 6) is 5.08.